The van der Waals surface area contributed by atoms with Gasteiger partial charge in [0, 0.05) is 24.7 Å². The highest BCUT2D eigenvalue weighted by atomic mass is 16.2. The van der Waals surface area contributed by atoms with Gasteiger partial charge in [0.15, 0.2) is 0 Å². The lowest BCUT2D eigenvalue weighted by atomic mass is 9.64. The number of benzene rings is 1. The van der Waals surface area contributed by atoms with Crippen LogP contribution in [-0.4, -0.2) is 58.8 Å². The Morgan fingerprint density at radius 1 is 1.13 bits per heavy atom. The summed E-state index contributed by atoms with van der Waals surface area (Å²) in [5.74, 6) is -0.0546. The van der Waals surface area contributed by atoms with E-state index in [-0.39, 0.29) is 29.3 Å². The first kappa shape index (κ1) is 21.4. The van der Waals surface area contributed by atoms with Crippen LogP contribution < -0.4 is 5.32 Å². The van der Waals surface area contributed by atoms with Gasteiger partial charge in [0.2, 0.25) is 11.8 Å². The van der Waals surface area contributed by atoms with Crippen LogP contribution in [0.3, 0.4) is 0 Å². The average molecular weight is 422 g/mol. The van der Waals surface area contributed by atoms with Gasteiger partial charge in [-0.3, -0.25) is 14.5 Å². The highest BCUT2D eigenvalue weighted by molar-refractivity contribution is 5.86. The van der Waals surface area contributed by atoms with E-state index in [0.717, 1.165) is 31.4 Å². The van der Waals surface area contributed by atoms with Gasteiger partial charge in [0.1, 0.15) is 6.33 Å². The number of hydrogen-bond donors (Lipinski definition) is 1. The van der Waals surface area contributed by atoms with Crippen LogP contribution in [0.5, 0.6) is 0 Å². The lowest BCUT2D eigenvalue weighted by Crippen LogP contribution is -2.47. The van der Waals surface area contributed by atoms with E-state index in [1.54, 1.807) is 17.2 Å². The third kappa shape index (κ3) is 4.46. The molecule has 1 aromatic heterocycles. The number of nitrogens with one attached hydrogen (secondary N) is 1. The molecule has 1 aliphatic heterocycles. The molecule has 0 radical (unpaired) electrons. The van der Waals surface area contributed by atoms with Gasteiger partial charge < -0.3 is 10.2 Å². The number of likely N-dealkylation sites (tertiary alicyclic amines) is 1. The van der Waals surface area contributed by atoms with E-state index in [4.69, 9.17) is 0 Å². The smallest absolute Gasteiger partial charge is 0.239 e. The number of carbonyl (C=O) groups excluding carboxylic acids is 2. The van der Waals surface area contributed by atoms with E-state index in [1.807, 2.05) is 0 Å². The van der Waals surface area contributed by atoms with Crippen molar-refractivity contribution in [1.82, 2.24) is 25.1 Å². The summed E-state index contributed by atoms with van der Waals surface area (Å²) >= 11 is 0. The Kier molecular flexibility index (Phi) is 6.05. The Morgan fingerprint density at radius 2 is 1.87 bits per heavy atom. The molecule has 0 bridgehead atoms. The van der Waals surface area contributed by atoms with Gasteiger partial charge >= 0.3 is 0 Å². The molecule has 164 valence electrons. The van der Waals surface area contributed by atoms with Crippen LogP contribution in [0.2, 0.25) is 0 Å². The summed E-state index contributed by atoms with van der Waals surface area (Å²) in [6, 6.07) is 12.5. The third-order valence-corrected chi connectivity index (χ3v) is 7.15. The predicted molar refractivity (Wildman–Crippen MR) is 118 cm³/mol. The Morgan fingerprint density at radius 3 is 2.52 bits per heavy atom. The number of amides is 2. The molecule has 0 atom stereocenters. The van der Waals surface area contributed by atoms with Crippen molar-refractivity contribution >= 4 is 11.8 Å². The SMILES string of the molecule is CN(C)[C@]1(c2ccccc2)CC[C@@]2(CC1)CC(=O)N(CC(=O)NCc1ccncn1)C2. The van der Waals surface area contributed by atoms with Gasteiger partial charge in [-0.05, 0) is 56.8 Å². The van der Waals surface area contributed by atoms with Gasteiger partial charge in [-0.15, -0.1) is 0 Å². The predicted octanol–water partition coefficient (Wildman–Crippen LogP) is 2.34. The first-order valence-electron chi connectivity index (χ1n) is 10.9. The number of carbonyl (C=O) groups is 2. The Hall–Kier alpha value is -2.80. The van der Waals surface area contributed by atoms with Crippen molar-refractivity contribution in [3.8, 4) is 0 Å². The molecule has 1 aliphatic carbocycles. The minimum atomic E-state index is -0.147. The van der Waals surface area contributed by atoms with Crippen LogP contribution in [0.4, 0.5) is 0 Å². The second kappa shape index (κ2) is 8.75. The normalized spacial score (nSPS) is 25.9. The molecule has 0 unspecified atom stereocenters. The van der Waals surface area contributed by atoms with Crippen LogP contribution in [0, 0.1) is 5.41 Å². The summed E-state index contributed by atoms with van der Waals surface area (Å²) in [4.78, 5) is 37.2. The molecular weight excluding hydrogens is 390 g/mol. The lowest BCUT2D eigenvalue weighted by Gasteiger charge is -2.48. The molecule has 1 spiro atoms. The molecule has 2 fully saturated rings. The highest BCUT2D eigenvalue weighted by Crippen LogP contribution is 2.52. The van der Waals surface area contributed by atoms with E-state index in [2.05, 4.69) is 64.6 Å². The summed E-state index contributed by atoms with van der Waals surface area (Å²) in [5.41, 5.74) is 2.09. The van der Waals surface area contributed by atoms with Crippen LogP contribution in [-0.2, 0) is 21.7 Å². The Bertz CT molecular complexity index is 908. The zero-order valence-electron chi connectivity index (χ0n) is 18.4. The standard InChI is InChI=1S/C24H31N5O2/c1-28(2)24(19-6-4-3-5-7-19)11-9-23(10-12-24)14-22(31)29(17-23)16-21(30)26-15-20-8-13-25-18-27-20/h3-8,13,18H,9-12,14-17H2,1-2H3,(H,26,30)/t23-,24-. The fraction of sp³-hybridized carbons (Fsp3) is 0.500. The number of rotatable bonds is 6. The lowest BCUT2D eigenvalue weighted by molar-refractivity contribution is -0.133. The van der Waals surface area contributed by atoms with Gasteiger partial charge in [-0.1, -0.05) is 30.3 Å². The summed E-state index contributed by atoms with van der Waals surface area (Å²) in [6.45, 7) is 1.13. The van der Waals surface area contributed by atoms with Crippen molar-refractivity contribution in [1.29, 1.82) is 0 Å². The van der Waals surface area contributed by atoms with Crippen molar-refractivity contribution in [2.45, 2.75) is 44.2 Å². The van der Waals surface area contributed by atoms with Crippen molar-refractivity contribution in [2.24, 2.45) is 5.41 Å². The van der Waals surface area contributed by atoms with Crippen molar-refractivity contribution < 1.29 is 9.59 Å². The second-order valence-corrected chi connectivity index (χ2v) is 9.20. The van der Waals surface area contributed by atoms with E-state index in [9.17, 15) is 9.59 Å². The molecule has 1 aromatic carbocycles. The van der Waals surface area contributed by atoms with Crippen molar-refractivity contribution in [2.75, 3.05) is 27.2 Å². The molecule has 7 heteroatoms. The molecule has 1 saturated heterocycles. The number of nitrogens with zero attached hydrogens (tertiary/aromatic N) is 4. The van der Waals surface area contributed by atoms with Gasteiger partial charge in [0.05, 0.1) is 18.8 Å². The van der Waals surface area contributed by atoms with E-state index in [1.165, 1.54) is 11.9 Å². The highest BCUT2D eigenvalue weighted by Gasteiger charge is 2.50. The summed E-state index contributed by atoms with van der Waals surface area (Å²) in [7, 11) is 4.30. The second-order valence-electron chi connectivity index (χ2n) is 9.20. The van der Waals surface area contributed by atoms with Gasteiger partial charge in [-0.2, -0.15) is 0 Å². The fourth-order valence-electron chi connectivity index (χ4n) is 5.24. The molecule has 1 N–H and O–H groups in total. The first-order valence-corrected chi connectivity index (χ1v) is 10.9. The summed E-state index contributed by atoms with van der Waals surface area (Å²) in [5, 5.41) is 2.86. The third-order valence-electron chi connectivity index (χ3n) is 7.15. The van der Waals surface area contributed by atoms with E-state index >= 15 is 0 Å². The van der Waals surface area contributed by atoms with Crippen molar-refractivity contribution in [3.05, 3.63) is 60.2 Å². The number of aromatic nitrogens is 2. The van der Waals surface area contributed by atoms with E-state index in [0.29, 0.717) is 19.5 Å². The molecule has 31 heavy (non-hydrogen) atoms. The zero-order chi connectivity index (χ0) is 21.9. The molecule has 1 saturated carbocycles. The Balaban J connectivity index is 1.36. The van der Waals surface area contributed by atoms with Crippen molar-refractivity contribution in [3.63, 3.8) is 0 Å². The molecular formula is C24H31N5O2. The quantitative estimate of drug-likeness (QED) is 0.775. The minimum absolute atomic E-state index is 0.0118. The fourth-order valence-corrected chi connectivity index (χ4v) is 5.24. The molecule has 2 aromatic rings. The zero-order valence-corrected chi connectivity index (χ0v) is 18.4. The maximum Gasteiger partial charge on any atom is 0.239 e. The average Bonchev–Trinajstić information content (AvgIpc) is 3.08. The van der Waals surface area contributed by atoms with Crippen LogP contribution >= 0.6 is 0 Å². The molecule has 2 amide bonds. The van der Waals surface area contributed by atoms with Crippen LogP contribution in [0.1, 0.15) is 43.4 Å². The van der Waals surface area contributed by atoms with E-state index < -0.39 is 0 Å². The van der Waals surface area contributed by atoms with Gasteiger partial charge in [0.25, 0.3) is 0 Å². The Labute approximate surface area is 183 Å². The molecule has 2 aliphatic rings. The minimum Gasteiger partial charge on any atom is -0.349 e. The largest absolute Gasteiger partial charge is 0.349 e. The van der Waals surface area contributed by atoms with Crippen LogP contribution in [0.25, 0.3) is 0 Å². The topological polar surface area (TPSA) is 78.4 Å². The van der Waals surface area contributed by atoms with Crippen LogP contribution in [0.15, 0.2) is 48.9 Å². The maximum atomic E-state index is 12.7. The molecule has 2 heterocycles. The monoisotopic (exact) mass is 421 g/mol. The number of hydrogen-bond acceptors (Lipinski definition) is 5. The maximum absolute atomic E-state index is 12.7. The summed E-state index contributed by atoms with van der Waals surface area (Å²) < 4.78 is 0. The molecule has 4 rings (SSSR count). The molecule has 7 nitrogen and oxygen atoms in total. The first-order chi connectivity index (χ1) is 14.9. The summed E-state index contributed by atoms with van der Waals surface area (Å²) in [6.07, 6.45) is 7.67. The van der Waals surface area contributed by atoms with Gasteiger partial charge in [-0.25, -0.2) is 9.97 Å².